The predicted molar refractivity (Wildman–Crippen MR) is 79.1 cm³/mol. The van der Waals surface area contributed by atoms with E-state index in [0.29, 0.717) is 0 Å². The van der Waals surface area contributed by atoms with Crippen LogP contribution in [0.15, 0.2) is 0 Å². The van der Waals surface area contributed by atoms with E-state index in [9.17, 15) is 19.8 Å². The normalized spacial score (nSPS) is 16.2. The lowest BCUT2D eigenvalue weighted by Crippen LogP contribution is -2.44. The molecule has 1 heterocycles. The number of H-pyrrole nitrogens is 1. The summed E-state index contributed by atoms with van der Waals surface area (Å²) in [6, 6.07) is -0.769. The molecule has 4 N–H and O–H groups in total. The lowest BCUT2D eigenvalue weighted by Gasteiger charge is -2.23. The van der Waals surface area contributed by atoms with Crippen LogP contribution >= 0.6 is 0 Å². The molecule has 0 radical (unpaired) electrons. The number of amides is 1. The van der Waals surface area contributed by atoms with E-state index in [4.69, 9.17) is 4.74 Å². The smallest absolute Gasteiger partial charge is 0.408 e. The van der Waals surface area contributed by atoms with Crippen molar-refractivity contribution in [3.63, 3.8) is 0 Å². The van der Waals surface area contributed by atoms with Crippen LogP contribution in [0.2, 0.25) is 0 Å². The molecule has 122 valence electrons. The Morgan fingerprint density at radius 2 is 1.86 bits per heavy atom. The largest absolute Gasteiger partial charge is 0.494 e. The second-order valence-corrected chi connectivity index (χ2v) is 6.65. The molecule has 0 aliphatic heterocycles. The number of carbonyl (C=O) groups excluding carboxylic acids is 2. The Morgan fingerprint density at radius 3 is 2.27 bits per heavy atom. The van der Waals surface area contributed by atoms with Crippen molar-refractivity contribution in [1.82, 2.24) is 10.3 Å². The minimum atomic E-state index is -0.769. The molecule has 1 aliphatic carbocycles. The van der Waals surface area contributed by atoms with Crippen molar-refractivity contribution in [1.29, 1.82) is 0 Å². The number of nitrogens with one attached hydrogen (secondary N) is 2. The number of ketones is 1. The highest BCUT2D eigenvalue weighted by atomic mass is 16.6. The van der Waals surface area contributed by atoms with E-state index < -0.39 is 29.4 Å². The minimum Gasteiger partial charge on any atom is -0.494 e. The van der Waals surface area contributed by atoms with Crippen LogP contribution in [0.1, 0.15) is 49.5 Å². The summed E-state index contributed by atoms with van der Waals surface area (Å²) in [5.41, 5.74) is -0.393. The lowest BCUT2D eigenvalue weighted by molar-refractivity contribution is 0.0484. The van der Waals surface area contributed by atoms with Gasteiger partial charge < -0.3 is 20.3 Å². The molecule has 1 aliphatic rings. The van der Waals surface area contributed by atoms with Gasteiger partial charge in [0.1, 0.15) is 5.60 Å². The molecular weight excluding hydrogens is 288 g/mol. The van der Waals surface area contributed by atoms with Crippen molar-refractivity contribution in [2.75, 3.05) is 0 Å². The monoisotopic (exact) mass is 310 g/mol. The Balaban J connectivity index is 2.18. The Labute approximate surface area is 128 Å². The summed E-state index contributed by atoms with van der Waals surface area (Å²) in [4.78, 5) is 26.8. The first kappa shape index (κ1) is 16.2. The molecule has 22 heavy (non-hydrogen) atoms. The van der Waals surface area contributed by atoms with Crippen LogP contribution < -0.4 is 5.32 Å². The van der Waals surface area contributed by atoms with E-state index in [1.165, 1.54) is 6.92 Å². The topological polar surface area (TPSA) is 112 Å². The van der Waals surface area contributed by atoms with Crippen molar-refractivity contribution in [3.8, 4) is 11.8 Å². The summed E-state index contributed by atoms with van der Waals surface area (Å²) in [6.07, 6.45) is 0.972. The van der Waals surface area contributed by atoms with Crippen LogP contribution in [0, 0.1) is 12.8 Å². The fourth-order valence-electron chi connectivity index (χ4n) is 2.28. The lowest BCUT2D eigenvalue weighted by atomic mass is 9.99. The van der Waals surface area contributed by atoms with E-state index >= 15 is 0 Å². The van der Waals surface area contributed by atoms with Gasteiger partial charge in [-0.3, -0.25) is 9.78 Å². The Bertz CT molecular complexity index is 596. The van der Waals surface area contributed by atoms with E-state index in [1.807, 2.05) is 0 Å². The first-order chi connectivity index (χ1) is 10.1. The maximum absolute atomic E-state index is 12.6. The van der Waals surface area contributed by atoms with Crippen molar-refractivity contribution < 1.29 is 24.5 Å². The molecular formula is C15H22N2O5. The van der Waals surface area contributed by atoms with Crippen LogP contribution in [-0.4, -0.2) is 38.7 Å². The SMILES string of the molecule is Cc1c(O)[nH]c(O)c1C(=O)C(NC(=O)OC(C)(C)C)C1CC1. The van der Waals surface area contributed by atoms with Gasteiger partial charge >= 0.3 is 6.09 Å². The summed E-state index contributed by atoms with van der Waals surface area (Å²) in [6.45, 7) is 6.73. The van der Waals surface area contributed by atoms with Gasteiger partial charge in [0.05, 0.1) is 11.6 Å². The summed E-state index contributed by atoms with van der Waals surface area (Å²) < 4.78 is 5.18. The quantitative estimate of drug-likeness (QED) is 0.637. The standard InChI is InChI=1S/C15H22N2O5/c1-7-9(13(20)17-12(7)19)11(18)10(8-5-6-8)16-14(21)22-15(2,3)4/h8,10,17,19-20H,5-6H2,1-4H3,(H,16,21). The van der Waals surface area contributed by atoms with Crippen molar-refractivity contribution >= 4 is 11.9 Å². The zero-order chi connectivity index (χ0) is 16.7. The molecule has 1 atom stereocenters. The zero-order valence-corrected chi connectivity index (χ0v) is 13.2. The first-order valence-electron chi connectivity index (χ1n) is 7.24. The number of ether oxygens (including phenoxy) is 1. The summed E-state index contributed by atoms with van der Waals surface area (Å²) in [5, 5.41) is 21.9. The van der Waals surface area contributed by atoms with Crippen LogP contribution in [0.4, 0.5) is 4.79 Å². The molecule has 1 saturated carbocycles. The van der Waals surface area contributed by atoms with Gasteiger partial charge in [-0.1, -0.05) is 0 Å². The molecule has 0 aromatic carbocycles. The molecule has 2 rings (SSSR count). The minimum absolute atomic E-state index is 0.00505. The van der Waals surface area contributed by atoms with Gasteiger partial charge in [0.25, 0.3) is 0 Å². The van der Waals surface area contributed by atoms with Gasteiger partial charge in [0.2, 0.25) is 5.88 Å². The maximum Gasteiger partial charge on any atom is 0.408 e. The molecule has 1 unspecified atom stereocenters. The molecule has 0 spiro atoms. The second kappa shape index (κ2) is 5.55. The molecule has 0 bridgehead atoms. The molecule has 1 fully saturated rings. The molecule has 1 aromatic rings. The number of rotatable bonds is 4. The highest BCUT2D eigenvalue weighted by molar-refractivity contribution is 6.05. The third-order valence-electron chi connectivity index (χ3n) is 3.50. The number of hydrogen-bond donors (Lipinski definition) is 4. The zero-order valence-electron chi connectivity index (χ0n) is 13.2. The van der Waals surface area contributed by atoms with Gasteiger partial charge in [-0.15, -0.1) is 0 Å². The van der Waals surface area contributed by atoms with Crippen LogP contribution in [-0.2, 0) is 4.74 Å². The third-order valence-corrected chi connectivity index (χ3v) is 3.50. The number of Topliss-reactive ketones (excluding diaryl/α,β-unsaturated/α-hetero) is 1. The third kappa shape index (κ3) is 3.52. The number of aromatic hydroxyl groups is 2. The van der Waals surface area contributed by atoms with E-state index in [0.717, 1.165) is 12.8 Å². The van der Waals surface area contributed by atoms with Crippen LogP contribution in [0.25, 0.3) is 0 Å². The van der Waals surface area contributed by atoms with E-state index in [-0.39, 0.29) is 22.9 Å². The van der Waals surface area contributed by atoms with Gasteiger partial charge in [-0.05, 0) is 46.5 Å². The average molecular weight is 310 g/mol. The first-order valence-corrected chi connectivity index (χ1v) is 7.24. The molecule has 1 amide bonds. The van der Waals surface area contributed by atoms with Crippen LogP contribution in [0.3, 0.4) is 0 Å². The number of alkyl carbamates (subject to hydrolysis) is 1. The van der Waals surface area contributed by atoms with Crippen molar-refractivity contribution in [2.24, 2.45) is 5.92 Å². The van der Waals surface area contributed by atoms with Crippen molar-refractivity contribution in [2.45, 2.75) is 52.2 Å². The molecule has 1 aromatic heterocycles. The number of aromatic amines is 1. The van der Waals surface area contributed by atoms with Crippen molar-refractivity contribution in [3.05, 3.63) is 11.1 Å². The number of aromatic nitrogens is 1. The van der Waals surface area contributed by atoms with E-state index in [1.54, 1.807) is 20.8 Å². The highest BCUT2D eigenvalue weighted by Crippen LogP contribution is 2.37. The summed E-state index contributed by atoms with van der Waals surface area (Å²) >= 11 is 0. The van der Waals surface area contributed by atoms with Gasteiger partial charge in [-0.2, -0.15) is 0 Å². The predicted octanol–water partition coefficient (Wildman–Crippen LogP) is 2.22. The van der Waals surface area contributed by atoms with Crippen LogP contribution in [0.5, 0.6) is 11.8 Å². The Morgan fingerprint density at radius 1 is 1.27 bits per heavy atom. The molecule has 7 nitrogen and oxygen atoms in total. The summed E-state index contributed by atoms with van der Waals surface area (Å²) in [7, 11) is 0. The average Bonchev–Trinajstić information content (AvgIpc) is 3.13. The van der Waals surface area contributed by atoms with Gasteiger partial charge in [-0.25, -0.2) is 4.79 Å². The van der Waals surface area contributed by atoms with Gasteiger partial charge in [0.15, 0.2) is 11.7 Å². The molecule has 0 saturated heterocycles. The van der Waals surface area contributed by atoms with Gasteiger partial charge in [0, 0.05) is 5.56 Å². The number of hydrogen-bond acceptors (Lipinski definition) is 5. The Hall–Kier alpha value is -2.18. The fraction of sp³-hybridized carbons (Fsp3) is 0.600. The molecule has 7 heteroatoms. The highest BCUT2D eigenvalue weighted by Gasteiger charge is 2.40. The summed E-state index contributed by atoms with van der Waals surface area (Å²) in [5.74, 6) is -1.06. The maximum atomic E-state index is 12.6. The van der Waals surface area contributed by atoms with E-state index in [2.05, 4.69) is 10.3 Å². The fourth-order valence-corrected chi connectivity index (χ4v) is 2.28. The second-order valence-electron chi connectivity index (χ2n) is 6.65. The Kier molecular flexibility index (Phi) is 4.08. The number of carbonyl (C=O) groups is 2.